The van der Waals surface area contributed by atoms with Crippen molar-refractivity contribution < 1.29 is 9.47 Å². The third-order valence-electron chi connectivity index (χ3n) is 2.81. The Bertz CT molecular complexity index is 369. The first kappa shape index (κ1) is 14.0. The van der Waals surface area contributed by atoms with Crippen molar-refractivity contribution in [2.75, 3.05) is 26.1 Å². The van der Waals surface area contributed by atoms with E-state index >= 15 is 0 Å². The van der Waals surface area contributed by atoms with E-state index in [-0.39, 0.29) is 0 Å². The van der Waals surface area contributed by atoms with E-state index in [2.05, 4.69) is 19.2 Å². The molecule has 0 saturated carbocycles. The Morgan fingerprint density at radius 3 is 2.35 bits per heavy atom. The van der Waals surface area contributed by atoms with Crippen LogP contribution in [-0.2, 0) is 0 Å². The van der Waals surface area contributed by atoms with Crippen LogP contribution in [0.4, 0.5) is 5.69 Å². The Labute approximate surface area is 108 Å². The van der Waals surface area contributed by atoms with Gasteiger partial charge in [-0.05, 0) is 5.92 Å². The van der Waals surface area contributed by atoms with Gasteiger partial charge in [-0.1, -0.05) is 31.9 Å². The number of benzene rings is 1. The molecule has 0 aromatic heterocycles. The highest BCUT2D eigenvalue weighted by Crippen LogP contribution is 2.36. The van der Waals surface area contributed by atoms with Crippen LogP contribution in [0.25, 0.3) is 0 Å². The number of methoxy groups -OCH3 is 2. The van der Waals surface area contributed by atoms with Gasteiger partial charge >= 0.3 is 0 Å². The minimum atomic E-state index is 0.610. The highest BCUT2D eigenvalue weighted by Gasteiger charge is 2.10. The molecule has 0 amide bonds. The van der Waals surface area contributed by atoms with Crippen LogP contribution in [0.5, 0.6) is 11.5 Å². The van der Waals surface area contributed by atoms with E-state index in [0.29, 0.717) is 22.4 Å². The second kappa shape index (κ2) is 6.60. The Balaban J connectivity index is 2.85. The molecule has 4 heteroatoms. The number of rotatable bonds is 6. The maximum absolute atomic E-state index is 6.17. The van der Waals surface area contributed by atoms with Gasteiger partial charge in [-0.2, -0.15) is 0 Å². The van der Waals surface area contributed by atoms with Gasteiger partial charge in [-0.25, -0.2) is 0 Å². The lowest BCUT2D eigenvalue weighted by molar-refractivity contribution is 0.355. The Morgan fingerprint density at radius 1 is 1.24 bits per heavy atom. The van der Waals surface area contributed by atoms with Gasteiger partial charge < -0.3 is 14.8 Å². The molecule has 0 aliphatic heterocycles. The molecule has 0 radical (unpaired) electrons. The zero-order valence-electron chi connectivity index (χ0n) is 10.8. The number of halogens is 1. The summed E-state index contributed by atoms with van der Waals surface area (Å²) in [7, 11) is 3.21. The highest BCUT2D eigenvalue weighted by molar-refractivity contribution is 6.33. The summed E-state index contributed by atoms with van der Waals surface area (Å²) in [5.41, 5.74) is 0.879. The molecule has 1 atom stereocenters. The zero-order valence-corrected chi connectivity index (χ0v) is 11.6. The van der Waals surface area contributed by atoms with Gasteiger partial charge in [-0.3, -0.25) is 0 Å². The van der Waals surface area contributed by atoms with Gasteiger partial charge in [0.15, 0.2) is 11.5 Å². The summed E-state index contributed by atoms with van der Waals surface area (Å²) >= 11 is 6.17. The molecular formula is C13H20ClNO2. The maximum Gasteiger partial charge on any atom is 0.162 e. The Kier molecular flexibility index (Phi) is 5.42. The molecule has 0 bridgehead atoms. The van der Waals surface area contributed by atoms with Crippen LogP contribution in [-0.4, -0.2) is 20.8 Å². The molecule has 0 fully saturated rings. The van der Waals surface area contributed by atoms with Crippen LogP contribution in [0.2, 0.25) is 5.02 Å². The van der Waals surface area contributed by atoms with E-state index in [4.69, 9.17) is 21.1 Å². The van der Waals surface area contributed by atoms with Gasteiger partial charge in [0.05, 0.1) is 24.9 Å². The van der Waals surface area contributed by atoms with Crippen LogP contribution in [0.3, 0.4) is 0 Å². The molecule has 1 aromatic rings. The summed E-state index contributed by atoms with van der Waals surface area (Å²) in [4.78, 5) is 0. The van der Waals surface area contributed by atoms with Crippen molar-refractivity contribution in [3.8, 4) is 11.5 Å². The van der Waals surface area contributed by atoms with Crippen LogP contribution < -0.4 is 14.8 Å². The number of hydrogen-bond donors (Lipinski definition) is 1. The molecule has 1 rings (SSSR count). The van der Waals surface area contributed by atoms with Crippen molar-refractivity contribution in [2.45, 2.75) is 20.3 Å². The fourth-order valence-electron chi connectivity index (χ4n) is 1.42. The van der Waals surface area contributed by atoms with E-state index < -0.39 is 0 Å². The standard InChI is InChI=1S/C13H20ClNO2/c1-5-9(2)8-15-11-7-13(17-4)12(16-3)6-10(11)14/h6-7,9,15H,5,8H2,1-4H3. The van der Waals surface area contributed by atoms with E-state index in [1.54, 1.807) is 20.3 Å². The predicted octanol–water partition coefficient (Wildman–Crippen LogP) is 3.82. The molecule has 1 N–H and O–H groups in total. The van der Waals surface area contributed by atoms with Crippen LogP contribution in [0, 0.1) is 5.92 Å². The third kappa shape index (κ3) is 3.70. The summed E-state index contributed by atoms with van der Waals surface area (Å²) in [5.74, 6) is 1.94. The molecule has 3 nitrogen and oxygen atoms in total. The lowest BCUT2D eigenvalue weighted by atomic mass is 10.1. The summed E-state index contributed by atoms with van der Waals surface area (Å²) < 4.78 is 10.4. The van der Waals surface area contributed by atoms with E-state index in [9.17, 15) is 0 Å². The first-order valence-corrected chi connectivity index (χ1v) is 6.15. The summed E-state index contributed by atoms with van der Waals surface area (Å²) in [6, 6.07) is 3.63. The molecule has 0 spiro atoms. The first-order valence-electron chi connectivity index (χ1n) is 5.77. The van der Waals surface area contributed by atoms with Crippen molar-refractivity contribution in [1.82, 2.24) is 0 Å². The third-order valence-corrected chi connectivity index (χ3v) is 3.12. The van der Waals surface area contributed by atoms with Gasteiger partial charge in [-0.15, -0.1) is 0 Å². The molecular weight excluding hydrogens is 238 g/mol. The minimum absolute atomic E-state index is 0.610. The molecule has 1 unspecified atom stereocenters. The van der Waals surface area contributed by atoms with Crippen LogP contribution in [0.15, 0.2) is 12.1 Å². The summed E-state index contributed by atoms with van der Waals surface area (Å²) in [6.45, 7) is 5.26. The summed E-state index contributed by atoms with van der Waals surface area (Å²) in [6.07, 6.45) is 1.14. The molecule has 1 aromatic carbocycles. The van der Waals surface area contributed by atoms with E-state index in [0.717, 1.165) is 18.7 Å². The second-order valence-corrected chi connectivity index (χ2v) is 4.49. The highest BCUT2D eigenvalue weighted by atomic mass is 35.5. The molecule has 0 heterocycles. The first-order chi connectivity index (χ1) is 8.12. The van der Waals surface area contributed by atoms with Crippen molar-refractivity contribution in [2.24, 2.45) is 5.92 Å². The van der Waals surface area contributed by atoms with Gasteiger partial charge in [0.1, 0.15) is 0 Å². The largest absolute Gasteiger partial charge is 0.493 e. The average Bonchev–Trinajstić information content (AvgIpc) is 2.36. The molecule has 0 aliphatic rings. The zero-order chi connectivity index (χ0) is 12.8. The van der Waals surface area contributed by atoms with Crippen LogP contribution in [0.1, 0.15) is 20.3 Å². The normalized spacial score (nSPS) is 12.1. The van der Waals surface area contributed by atoms with Gasteiger partial charge in [0, 0.05) is 18.7 Å². The SMILES string of the molecule is CCC(C)CNc1cc(OC)c(OC)cc1Cl. The van der Waals surface area contributed by atoms with Crippen LogP contribution >= 0.6 is 11.6 Å². The number of ether oxygens (including phenoxy) is 2. The molecule has 0 aliphatic carbocycles. The van der Waals surface area contributed by atoms with Crippen molar-refractivity contribution in [1.29, 1.82) is 0 Å². The van der Waals surface area contributed by atoms with Crippen molar-refractivity contribution >= 4 is 17.3 Å². The molecule has 17 heavy (non-hydrogen) atoms. The topological polar surface area (TPSA) is 30.5 Å². The van der Waals surface area contributed by atoms with Crippen molar-refractivity contribution in [3.63, 3.8) is 0 Å². The number of hydrogen-bond acceptors (Lipinski definition) is 3. The molecule has 0 saturated heterocycles. The monoisotopic (exact) mass is 257 g/mol. The van der Waals surface area contributed by atoms with Gasteiger partial charge in [0.25, 0.3) is 0 Å². The lowest BCUT2D eigenvalue weighted by Gasteiger charge is -2.15. The Hall–Kier alpha value is -1.09. The lowest BCUT2D eigenvalue weighted by Crippen LogP contribution is -2.10. The summed E-state index contributed by atoms with van der Waals surface area (Å²) in [5, 5.41) is 3.97. The van der Waals surface area contributed by atoms with Gasteiger partial charge in [0.2, 0.25) is 0 Å². The fraction of sp³-hybridized carbons (Fsp3) is 0.538. The number of anilines is 1. The van der Waals surface area contributed by atoms with Crippen molar-refractivity contribution in [3.05, 3.63) is 17.2 Å². The maximum atomic E-state index is 6.17. The number of nitrogens with one attached hydrogen (secondary N) is 1. The smallest absolute Gasteiger partial charge is 0.162 e. The minimum Gasteiger partial charge on any atom is -0.493 e. The quantitative estimate of drug-likeness (QED) is 0.841. The molecule has 96 valence electrons. The average molecular weight is 258 g/mol. The Morgan fingerprint density at radius 2 is 1.82 bits per heavy atom. The second-order valence-electron chi connectivity index (χ2n) is 4.08. The van der Waals surface area contributed by atoms with E-state index in [1.165, 1.54) is 0 Å². The predicted molar refractivity (Wildman–Crippen MR) is 72.5 cm³/mol. The fourth-order valence-corrected chi connectivity index (χ4v) is 1.64. The van der Waals surface area contributed by atoms with E-state index in [1.807, 2.05) is 6.07 Å².